The summed E-state index contributed by atoms with van der Waals surface area (Å²) in [4.78, 5) is 28.2. The van der Waals surface area contributed by atoms with Crippen LogP contribution in [0.5, 0.6) is 0 Å². The van der Waals surface area contributed by atoms with Gasteiger partial charge in [-0.15, -0.1) is 0 Å². The number of para-hydroxylation sites is 1. The molecular weight excluding hydrogens is 437 g/mol. The van der Waals surface area contributed by atoms with E-state index in [0.29, 0.717) is 22.2 Å². The van der Waals surface area contributed by atoms with E-state index in [-0.39, 0.29) is 16.8 Å². The third kappa shape index (κ3) is 2.79. The van der Waals surface area contributed by atoms with Gasteiger partial charge in [-0.1, -0.05) is 46.3 Å². The lowest BCUT2D eigenvalue weighted by molar-refractivity contribution is 0.0971. The van der Waals surface area contributed by atoms with Crippen LogP contribution >= 0.6 is 15.9 Å². The molecule has 4 aromatic rings. The Morgan fingerprint density at radius 3 is 2.45 bits per heavy atom. The standard InChI is InChI=1S/C23H13BrFNO3/c24-14-4-3-5-16(12-14)26-20(13-8-10-15(25)11-9-13)19-21(27)17-6-1-2-7-18(17)29-22(19)23(26)28/h1-12,20H/t20-/m1/s1. The van der Waals surface area contributed by atoms with Crippen molar-refractivity contribution in [2.45, 2.75) is 6.04 Å². The minimum atomic E-state index is -0.715. The summed E-state index contributed by atoms with van der Waals surface area (Å²) in [5.41, 5.74) is 1.59. The zero-order valence-electron chi connectivity index (χ0n) is 14.9. The monoisotopic (exact) mass is 449 g/mol. The molecule has 29 heavy (non-hydrogen) atoms. The molecule has 0 fully saturated rings. The molecule has 3 aromatic carbocycles. The molecule has 0 N–H and O–H groups in total. The van der Waals surface area contributed by atoms with Crippen LogP contribution in [0.4, 0.5) is 10.1 Å². The van der Waals surface area contributed by atoms with Crippen molar-refractivity contribution in [2.75, 3.05) is 4.90 Å². The molecule has 0 aliphatic carbocycles. The summed E-state index contributed by atoms with van der Waals surface area (Å²) < 4.78 is 20.2. The molecule has 1 aliphatic rings. The number of benzene rings is 3. The van der Waals surface area contributed by atoms with E-state index < -0.39 is 17.8 Å². The quantitative estimate of drug-likeness (QED) is 0.409. The zero-order chi connectivity index (χ0) is 20.1. The Kier molecular flexibility index (Phi) is 4.10. The Bertz CT molecular complexity index is 1330. The van der Waals surface area contributed by atoms with E-state index in [1.807, 2.05) is 12.1 Å². The molecule has 1 aromatic heterocycles. The zero-order valence-corrected chi connectivity index (χ0v) is 16.5. The summed E-state index contributed by atoms with van der Waals surface area (Å²) in [6, 6.07) is 19.2. The molecule has 142 valence electrons. The first kappa shape index (κ1) is 17.8. The van der Waals surface area contributed by atoms with Crippen LogP contribution in [0.3, 0.4) is 0 Å². The van der Waals surface area contributed by atoms with Gasteiger partial charge in [-0.3, -0.25) is 14.5 Å². The molecule has 6 heteroatoms. The van der Waals surface area contributed by atoms with Crippen molar-refractivity contribution in [3.05, 3.63) is 110 Å². The number of hydrogen-bond donors (Lipinski definition) is 0. The summed E-state index contributed by atoms with van der Waals surface area (Å²) in [6.45, 7) is 0. The fraction of sp³-hybridized carbons (Fsp3) is 0.0435. The summed E-state index contributed by atoms with van der Waals surface area (Å²) in [6.07, 6.45) is 0. The van der Waals surface area contributed by atoms with Crippen molar-refractivity contribution in [2.24, 2.45) is 0 Å². The Morgan fingerprint density at radius 2 is 1.69 bits per heavy atom. The number of amides is 1. The first-order valence-electron chi connectivity index (χ1n) is 8.95. The molecule has 0 bridgehead atoms. The van der Waals surface area contributed by atoms with Gasteiger partial charge in [0, 0.05) is 10.2 Å². The second-order valence-electron chi connectivity index (χ2n) is 6.78. The van der Waals surface area contributed by atoms with E-state index in [4.69, 9.17) is 4.42 Å². The summed E-state index contributed by atoms with van der Waals surface area (Å²) in [7, 11) is 0. The number of carbonyl (C=O) groups is 1. The predicted octanol–water partition coefficient (Wildman–Crippen LogP) is 5.44. The molecule has 1 atom stereocenters. The number of rotatable bonds is 2. The Morgan fingerprint density at radius 1 is 0.931 bits per heavy atom. The summed E-state index contributed by atoms with van der Waals surface area (Å²) in [5.74, 6) is -0.781. The molecule has 5 rings (SSSR count). The second-order valence-corrected chi connectivity index (χ2v) is 7.69. The molecule has 2 heterocycles. The van der Waals surface area contributed by atoms with E-state index in [9.17, 15) is 14.0 Å². The SMILES string of the molecule is O=C1c2oc3ccccc3c(=O)c2[C@@H](c2ccc(F)cc2)N1c1cccc(Br)c1. The smallest absolute Gasteiger partial charge is 0.295 e. The van der Waals surface area contributed by atoms with Crippen molar-refractivity contribution < 1.29 is 13.6 Å². The maximum absolute atomic E-state index is 13.5. The van der Waals surface area contributed by atoms with Crippen LogP contribution in [-0.4, -0.2) is 5.91 Å². The van der Waals surface area contributed by atoms with Crippen molar-refractivity contribution in [1.82, 2.24) is 0 Å². The van der Waals surface area contributed by atoms with Crippen LogP contribution in [0.2, 0.25) is 0 Å². The lowest BCUT2D eigenvalue weighted by atomic mass is 9.98. The largest absolute Gasteiger partial charge is 0.450 e. The molecule has 1 aliphatic heterocycles. The minimum Gasteiger partial charge on any atom is -0.450 e. The Labute approximate surface area is 173 Å². The highest BCUT2D eigenvalue weighted by atomic mass is 79.9. The van der Waals surface area contributed by atoms with E-state index in [1.54, 1.807) is 48.5 Å². The first-order valence-corrected chi connectivity index (χ1v) is 9.74. The van der Waals surface area contributed by atoms with Crippen LogP contribution in [0.15, 0.2) is 86.5 Å². The Hall–Kier alpha value is -3.25. The highest BCUT2D eigenvalue weighted by Gasteiger charge is 2.43. The first-order chi connectivity index (χ1) is 14.0. The van der Waals surface area contributed by atoms with Gasteiger partial charge in [-0.05, 0) is 48.0 Å². The second kappa shape index (κ2) is 6.67. The van der Waals surface area contributed by atoms with Gasteiger partial charge >= 0.3 is 0 Å². The highest BCUT2D eigenvalue weighted by molar-refractivity contribution is 9.10. The average molecular weight is 450 g/mol. The number of hydrogen-bond acceptors (Lipinski definition) is 3. The van der Waals surface area contributed by atoms with Gasteiger partial charge in [-0.25, -0.2) is 4.39 Å². The number of fused-ring (bicyclic) bond motifs is 2. The lowest BCUT2D eigenvalue weighted by Gasteiger charge is -2.25. The van der Waals surface area contributed by atoms with Gasteiger partial charge in [-0.2, -0.15) is 0 Å². The third-order valence-electron chi connectivity index (χ3n) is 5.05. The minimum absolute atomic E-state index is 0.0167. The fourth-order valence-corrected chi connectivity index (χ4v) is 4.16. The van der Waals surface area contributed by atoms with Crippen molar-refractivity contribution >= 4 is 38.5 Å². The van der Waals surface area contributed by atoms with Gasteiger partial charge in [0.25, 0.3) is 5.91 Å². The van der Waals surface area contributed by atoms with Gasteiger partial charge in [0.05, 0.1) is 17.0 Å². The number of halogens is 2. The molecule has 0 saturated heterocycles. The predicted molar refractivity (Wildman–Crippen MR) is 112 cm³/mol. The summed E-state index contributed by atoms with van der Waals surface area (Å²) >= 11 is 3.43. The van der Waals surface area contributed by atoms with Crippen molar-refractivity contribution in [3.8, 4) is 0 Å². The molecule has 0 unspecified atom stereocenters. The van der Waals surface area contributed by atoms with Crippen LogP contribution < -0.4 is 10.3 Å². The topological polar surface area (TPSA) is 50.5 Å². The lowest BCUT2D eigenvalue weighted by Crippen LogP contribution is -2.29. The summed E-state index contributed by atoms with van der Waals surface area (Å²) in [5, 5.41) is 0.405. The molecule has 0 spiro atoms. The van der Waals surface area contributed by atoms with Crippen LogP contribution in [-0.2, 0) is 0 Å². The normalized spacial score (nSPS) is 15.7. The Balaban J connectivity index is 1.82. The van der Waals surface area contributed by atoms with E-state index in [2.05, 4.69) is 15.9 Å². The molecule has 1 amide bonds. The van der Waals surface area contributed by atoms with Crippen LogP contribution in [0.1, 0.15) is 27.7 Å². The highest BCUT2D eigenvalue weighted by Crippen LogP contribution is 2.41. The van der Waals surface area contributed by atoms with Crippen molar-refractivity contribution in [1.29, 1.82) is 0 Å². The third-order valence-corrected chi connectivity index (χ3v) is 5.54. The van der Waals surface area contributed by atoms with E-state index >= 15 is 0 Å². The van der Waals surface area contributed by atoms with Crippen LogP contribution in [0.25, 0.3) is 11.0 Å². The molecular formula is C23H13BrFNO3. The van der Waals surface area contributed by atoms with Crippen molar-refractivity contribution in [3.63, 3.8) is 0 Å². The average Bonchev–Trinajstić information content (AvgIpc) is 3.02. The molecule has 0 radical (unpaired) electrons. The number of carbonyl (C=O) groups excluding carboxylic acids is 1. The van der Waals surface area contributed by atoms with Gasteiger partial charge in [0.2, 0.25) is 5.76 Å². The van der Waals surface area contributed by atoms with Gasteiger partial charge in [0.1, 0.15) is 11.4 Å². The number of nitrogens with zero attached hydrogens (tertiary/aromatic N) is 1. The maximum atomic E-state index is 13.5. The van der Waals surface area contributed by atoms with Crippen LogP contribution in [0, 0.1) is 5.82 Å². The van der Waals surface area contributed by atoms with Gasteiger partial charge < -0.3 is 4.42 Å². The molecule has 4 nitrogen and oxygen atoms in total. The maximum Gasteiger partial charge on any atom is 0.295 e. The van der Waals surface area contributed by atoms with E-state index in [0.717, 1.165) is 4.47 Å². The van der Waals surface area contributed by atoms with Gasteiger partial charge in [0.15, 0.2) is 5.43 Å². The number of anilines is 1. The molecule has 0 saturated carbocycles. The fourth-order valence-electron chi connectivity index (χ4n) is 3.77. The van der Waals surface area contributed by atoms with E-state index in [1.165, 1.54) is 17.0 Å².